The van der Waals surface area contributed by atoms with Crippen LogP contribution in [0.4, 0.5) is 0 Å². The van der Waals surface area contributed by atoms with E-state index < -0.39 is 10.1 Å². The lowest BCUT2D eigenvalue weighted by molar-refractivity contribution is 0.0170. The first kappa shape index (κ1) is 19.2. The summed E-state index contributed by atoms with van der Waals surface area (Å²) in [6.45, 7) is 0.524. The van der Waals surface area contributed by atoms with E-state index in [0.717, 1.165) is 37.0 Å². The molecule has 1 aliphatic carbocycles. The summed E-state index contributed by atoms with van der Waals surface area (Å²) in [7, 11) is -0.570. The van der Waals surface area contributed by atoms with Crippen LogP contribution in [0.5, 0.6) is 5.75 Å². The molecule has 7 heteroatoms. The van der Waals surface area contributed by atoms with Crippen LogP contribution >= 0.6 is 0 Å². The van der Waals surface area contributed by atoms with E-state index in [9.17, 15) is 8.42 Å². The van der Waals surface area contributed by atoms with Crippen molar-refractivity contribution < 1.29 is 22.4 Å². The van der Waals surface area contributed by atoms with E-state index in [2.05, 4.69) is 5.32 Å². The van der Waals surface area contributed by atoms with Gasteiger partial charge in [-0.15, -0.1) is 0 Å². The molecule has 24 heavy (non-hydrogen) atoms. The van der Waals surface area contributed by atoms with Crippen LogP contribution in [0.3, 0.4) is 0 Å². The maximum atomic E-state index is 10.9. The molecule has 0 aromatic heterocycles. The van der Waals surface area contributed by atoms with Gasteiger partial charge in [-0.1, -0.05) is 25.0 Å². The molecule has 0 heterocycles. The minimum atomic E-state index is -3.91. The van der Waals surface area contributed by atoms with Gasteiger partial charge in [-0.2, -0.15) is 8.42 Å². The molecule has 1 aliphatic rings. The van der Waals surface area contributed by atoms with Crippen molar-refractivity contribution in [3.63, 3.8) is 0 Å². The average molecular weight is 357 g/mol. The second-order valence-corrected chi connectivity index (χ2v) is 7.89. The first-order valence-electron chi connectivity index (χ1n) is 8.27. The summed E-state index contributed by atoms with van der Waals surface area (Å²) >= 11 is 0. The molecular weight excluding hydrogens is 330 g/mol. The van der Waals surface area contributed by atoms with Crippen molar-refractivity contribution in [1.29, 1.82) is 0 Å². The van der Waals surface area contributed by atoms with Gasteiger partial charge in [-0.3, -0.25) is 4.55 Å². The number of hydrogen-bond acceptors (Lipinski definition) is 5. The standard InChI is InChI=1S/C17H27NO5S/c1-22-15-8-6-14(7-9-15)16(23-2)17(10-3-4-11-17)18-12-5-13-24(19,20)21/h6-9,16,18H,3-5,10-13H2,1-2H3,(H,19,20,21). The third-order valence-corrected chi connectivity index (χ3v) is 5.51. The fraction of sp³-hybridized carbons (Fsp3) is 0.647. The lowest BCUT2D eigenvalue weighted by Crippen LogP contribution is -2.49. The Morgan fingerprint density at radius 3 is 2.33 bits per heavy atom. The van der Waals surface area contributed by atoms with Crippen molar-refractivity contribution in [2.75, 3.05) is 26.5 Å². The quantitative estimate of drug-likeness (QED) is 0.522. The van der Waals surface area contributed by atoms with E-state index in [1.165, 1.54) is 0 Å². The summed E-state index contributed by atoms with van der Waals surface area (Å²) in [4.78, 5) is 0. The number of benzene rings is 1. The molecular formula is C17H27NO5S. The van der Waals surface area contributed by atoms with Gasteiger partial charge in [0.1, 0.15) is 11.9 Å². The zero-order valence-corrected chi connectivity index (χ0v) is 15.1. The Kier molecular flexibility index (Phi) is 6.62. The highest BCUT2D eigenvalue weighted by Crippen LogP contribution is 2.42. The van der Waals surface area contributed by atoms with E-state index in [0.29, 0.717) is 13.0 Å². The van der Waals surface area contributed by atoms with Gasteiger partial charge in [0.15, 0.2) is 0 Å². The van der Waals surface area contributed by atoms with Crippen LogP contribution in [0.2, 0.25) is 0 Å². The lowest BCUT2D eigenvalue weighted by atomic mass is 9.85. The second kappa shape index (κ2) is 8.29. The Hall–Kier alpha value is -1.15. The van der Waals surface area contributed by atoms with Gasteiger partial charge in [0.05, 0.1) is 12.9 Å². The Labute approximate surface area is 144 Å². The van der Waals surface area contributed by atoms with Crippen LogP contribution in [0, 0.1) is 0 Å². The summed E-state index contributed by atoms with van der Waals surface area (Å²) in [5, 5.41) is 3.51. The van der Waals surface area contributed by atoms with Crippen molar-refractivity contribution in [2.45, 2.75) is 43.7 Å². The van der Waals surface area contributed by atoms with Gasteiger partial charge in [-0.05, 0) is 43.5 Å². The molecule has 0 saturated heterocycles. The molecule has 2 rings (SSSR count). The number of rotatable bonds is 9. The molecule has 0 bridgehead atoms. The molecule has 2 N–H and O–H groups in total. The number of nitrogens with one attached hydrogen (secondary N) is 1. The maximum Gasteiger partial charge on any atom is 0.264 e. The van der Waals surface area contributed by atoms with Crippen molar-refractivity contribution >= 4 is 10.1 Å². The monoisotopic (exact) mass is 357 g/mol. The second-order valence-electron chi connectivity index (χ2n) is 6.32. The van der Waals surface area contributed by atoms with Crippen molar-refractivity contribution in [3.05, 3.63) is 29.8 Å². The molecule has 1 fully saturated rings. The molecule has 6 nitrogen and oxygen atoms in total. The summed E-state index contributed by atoms with van der Waals surface area (Å²) in [5.74, 6) is 0.575. The van der Waals surface area contributed by atoms with E-state index in [-0.39, 0.29) is 17.4 Å². The van der Waals surface area contributed by atoms with Gasteiger partial charge in [0, 0.05) is 12.6 Å². The maximum absolute atomic E-state index is 10.9. The van der Waals surface area contributed by atoms with Gasteiger partial charge in [0.25, 0.3) is 10.1 Å². The van der Waals surface area contributed by atoms with Crippen molar-refractivity contribution in [3.8, 4) is 5.75 Å². The van der Waals surface area contributed by atoms with Gasteiger partial charge in [-0.25, -0.2) is 0 Å². The highest BCUT2D eigenvalue weighted by atomic mass is 32.2. The predicted octanol–water partition coefficient (Wildman–Crippen LogP) is 2.56. The fourth-order valence-electron chi connectivity index (χ4n) is 3.59. The summed E-state index contributed by atoms with van der Waals surface area (Å²) in [5.41, 5.74) is 0.866. The predicted molar refractivity (Wildman–Crippen MR) is 93.0 cm³/mol. The molecule has 1 aromatic carbocycles. The zero-order chi connectivity index (χ0) is 17.6. The third-order valence-electron chi connectivity index (χ3n) is 4.71. The van der Waals surface area contributed by atoms with Gasteiger partial charge in [0.2, 0.25) is 0 Å². The third kappa shape index (κ3) is 4.92. The smallest absolute Gasteiger partial charge is 0.264 e. The first-order chi connectivity index (χ1) is 11.4. The Morgan fingerprint density at radius 2 is 1.83 bits per heavy atom. The molecule has 0 spiro atoms. The Bertz CT molecular complexity index is 608. The normalized spacial score (nSPS) is 18.5. The van der Waals surface area contributed by atoms with Crippen LogP contribution in [-0.4, -0.2) is 45.0 Å². The van der Waals surface area contributed by atoms with E-state index in [4.69, 9.17) is 14.0 Å². The van der Waals surface area contributed by atoms with E-state index in [1.54, 1.807) is 14.2 Å². The van der Waals surface area contributed by atoms with Gasteiger partial charge < -0.3 is 14.8 Å². The Morgan fingerprint density at radius 1 is 1.21 bits per heavy atom. The van der Waals surface area contributed by atoms with Crippen LogP contribution in [0.15, 0.2) is 24.3 Å². The lowest BCUT2D eigenvalue weighted by Gasteiger charge is -2.38. The number of methoxy groups -OCH3 is 2. The average Bonchev–Trinajstić information content (AvgIpc) is 3.02. The molecule has 1 aromatic rings. The highest BCUT2D eigenvalue weighted by Gasteiger charge is 2.42. The van der Waals surface area contributed by atoms with Crippen molar-refractivity contribution in [2.24, 2.45) is 0 Å². The summed E-state index contributed by atoms with van der Waals surface area (Å²) < 4.78 is 41.6. The molecule has 0 radical (unpaired) electrons. The topological polar surface area (TPSA) is 84.9 Å². The fourth-order valence-corrected chi connectivity index (χ4v) is 4.10. The molecule has 1 saturated carbocycles. The van der Waals surface area contributed by atoms with E-state index >= 15 is 0 Å². The largest absolute Gasteiger partial charge is 0.497 e. The van der Waals surface area contributed by atoms with E-state index in [1.807, 2.05) is 24.3 Å². The highest BCUT2D eigenvalue weighted by molar-refractivity contribution is 7.85. The molecule has 1 unspecified atom stereocenters. The zero-order valence-electron chi connectivity index (χ0n) is 14.3. The minimum Gasteiger partial charge on any atom is -0.497 e. The molecule has 0 aliphatic heterocycles. The van der Waals surface area contributed by atoms with Crippen LogP contribution in [-0.2, 0) is 14.9 Å². The number of ether oxygens (including phenoxy) is 2. The number of hydrogen-bond donors (Lipinski definition) is 2. The summed E-state index contributed by atoms with van der Waals surface area (Å²) in [6.07, 6.45) is 4.44. The summed E-state index contributed by atoms with van der Waals surface area (Å²) in [6, 6.07) is 7.85. The molecule has 136 valence electrons. The van der Waals surface area contributed by atoms with Crippen molar-refractivity contribution in [1.82, 2.24) is 5.32 Å². The SMILES string of the molecule is COc1ccc(C(OC)C2(NCCCS(=O)(=O)O)CCCC2)cc1. The van der Waals surface area contributed by atoms with Crippen LogP contribution < -0.4 is 10.1 Å². The van der Waals surface area contributed by atoms with Gasteiger partial charge >= 0.3 is 0 Å². The molecule has 1 atom stereocenters. The Balaban J connectivity index is 2.10. The van der Waals surface area contributed by atoms with Crippen LogP contribution in [0.25, 0.3) is 0 Å². The minimum absolute atomic E-state index is 0.114. The van der Waals surface area contributed by atoms with Crippen LogP contribution in [0.1, 0.15) is 43.8 Å². The molecule has 0 amide bonds. The first-order valence-corrected chi connectivity index (χ1v) is 9.88.